The highest BCUT2D eigenvalue weighted by molar-refractivity contribution is 7.89. The average Bonchev–Trinajstić information content (AvgIpc) is 2.63. The Morgan fingerprint density at radius 1 is 1.12 bits per heavy atom. The average molecular weight is 397 g/mol. The fourth-order valence-electron chi connectivity index (χ4n) is 2.24. The summed E-state index contributed by atoms with van der Waals surface area (Å²) in [6.45, 7) is 1.90. The number of carbonyl (C=O) groups is 1. The van der Waals surface area contributed by atoms with E-state index < -0.39 is 22.0 Å². The van der Waals surface area contributed by atoms with E-state index in [2.05, 4.69) is 10.0 Å². The van der Waals surface area contributed by atoms with Gasteiger partial charge in [-0.1, -0.05) is 23.7 Å². The molecule has 0 radical (unpaired) electrons. The summed E-state index contributed by atoms with van der Waals surface area (Å²) in [4.78, 5) is 12.2. The molecule has 1 atom stereocenters. The van der Waals surface area contributed by atoms with Crippen molar-refractivity contribution in [2.45, 2.75) is 24.3 Å². The molecule has 0 fully saturated rings. The van der Waals surface area contributed by atoms with Gasteiger partial charge in [0, 0.05) is 11.6 Å². The van der Waals surface area contributed by atoms with Crippen molar-refractivity contribution in [3.8, 4) is 5.75 Å². The number of rotatable bonds is 8. The Balaban J connectivity index is 1.87. The molecule has 0 aliphatic heterocycles. The molecule has 2 rings (SSSR count). The zero-order valence-corrected chi connectivity index (χ0v) is 16.1. The van der Waals surface area contributed by atoms with Crippen molar-refractivity contribution in [2.24, 2.45) is 0 Å². The molecule has 0 saturated heterocycles. The molecule has 0 aliphatic rings. The van der Waals surface area contributed by atoms with Crippen LogP contribution in [-0.4, -0.2) is 34.0 Å². The van der Waals surface area contributed by atoms with E-state index in [1.54, 1.807) is 24.3 Å². The normalized spacial score (nSPS) is 12.4. The molecule has 0 aliphatic carbocycles. The van der Waals surface area contributed by atoms with Crippen LogP contribution in [0, 0.1) is 0 Å². The molecular weight excluding hydrogens is 376 g/mol. The van der Waals surface area contributed by atoms with Crippen LogP contribution in [0.2, 0.25) is 5.02 Å². The Bertz CT molecular complexity index is 836. The maximum absolute atomic E-state index is 12.3. The van der Waals surface area contributed by atoms with Gasteiger partial charge in [0.1, 0.15) is 5.75 Å². The molecule has 0 saturated carbocycles. The summed E-state index contributed by atoms with van der Waals surface area (Å²) in [5.74, 6) is 0.160. The van der Waals surface area contributed by atoms with Crippen LogP contribution < -0.4 is 14.8 Å². The van der Waals surface area contributed by atoms with E-state index in [0.717, 1.165) is 5.56 Å². The molecular formula is C18H21ClN2O4S. The van der Waals surface area contributed by atoms with Gasteiger partial charge in [0.25, 0.3) is 0 Å². The van der Waals surface area contributed by atoms with Gasteiger partial charge in [0.15, 0.2) is 0 Å². The maximum atomic E-state index is 12.3. The van der Waals surface area contributed by atoms with E-state index in [0.29, 0.717) is 23.7 Å². The van der Waals surface area contributed by atoms with Gasteiger partial charge in [-0.05, 0) is 55.3 Å². The topological polar surface area (TPSA) is 84.5 Å². The van der Waals surface area contributed by atoms with Crippen LogP contribution in [0.25, 0.3) is 0 Å². The summed E-state index contributed by atoms with van der Waals surface area (Å²) in [6, 6.07) is 12.4. The smallest absolute Gasteiger partial charge is 0.241 e. The number of halogens is 1. The lowest BCUT2D eigenvalue weighted by Gasteiger charge is -2.14. The lowest BCUT2D eigenvalue weighted by atomic mass is 10.1. The molecule has 8 heteroatoms. The van der Waals surface area contributed by atoms with E-state index >= 15 is 0 Å². The highest BCUT2D eigenvalue weighted by atomic mass is 35.5. The summed E-state index contributed by atoms with van der Waals surface area (Å²) in [5, 5.41) is 3.37. The van der Waals surface area contributed by atoms with Crippen LogP contribution in [0.5, 0.6) is 5.75 Å². The first kappa shape index (κ1) is 20.2. The van der Waals surface area contributed by atoms with Crippen molar-refractivity contribution in [1.82, 2.24) is 10.0 Å². The van der Waals surface area contributed by atoms with Crippen molar-refractivity contribution in [1.29, 1.82) is 0 Å². The minimum atomic E-state index is -3.79. The van der Waals surface area contributed by atoms with Crippen LogP contribution in [0.4, 0.5) is 0 Å². The van der Waals surface area contributed by atoms with Crippen molar-refractivity contribution >= 4 is 27.5 Å². The van der Waals surface area contributed by atoms with Crippen molar-refractivity contribution in [3.05, 3.63) is 59.1 Å². The van der Waals surface area contributed by atoms with E-state index in [4.69, 9.17) is 16.3 Å². The van der Waals surface area contributed by atoms with Crippen molar-refractivity contribution in [2.75, 3.05) is 13.7 Å². The predicted molar refractivity (Wildman–Crippen MR) is 101 cm³/mol. The number of benzene rings is 2. The molecule has 0 heterocycles. The second-order valence-corrected chi connectivity index (χ2v) is 7.84. The van der Waals surface area contributed by atoms with E-state index in [1.165, 1.54) is 26.2 Å². The molecule has 6 nitrogen and oxygen atoms in total. The fraction of sp³-hybridized carbons (Fsp3) is 0.278. The Hall–Kier alpha value is -2.09. The van der Waals surface area contributed by atoms with E-state index in [9.17, 15) is 13.2 Å². The molecule has 2 N–H and O–H groups in total. The maximum Gasteiger partial charge on any atom is 0.241 e. The second kappa shape index (κ2) is 9.02. The van der Waals surface area contributed by atoms with Gasteiger partial charge in [-0.25, -0.2) is 8.42 Å². The van der Waals surface area contributed by atoms with Gasteiger partial charge in [-0.2, -0.15) is 4.72 Å². The first-order valence-electron chi connectivity index (χ1n) is 8.00. The van der Waals surface area contributed by atoms with Gasteiger partial charge in [0.05, 0.1) is 18.0 Å². The van der Waals surface area contributed by atoms with Crippen LogP contribution >= 0.6 is 11.6 Å². The number of methoxy groups -OCH3 is 1. The van der Waals surface area contributed by atoms with Gasteiger partial charge < -0.3 is 10.1 Å². The Morgan fingerprint density at radius 3 is 2.31 bits per heavy atom. The molecule has 0 bridgehead atoms. The number of sulfonamides is 1. The number of amides is 1. The van der Waals surface area contributed by atoms with Crippen molar-refractivity contribution < 1.29 is 17.9 Å². The largest absolute Gasteiger partial charge is 0.497 e. The Morgan fingerprint density at radius 2 is 1.73 bits per heavy atom. The predicted octanol–water partition coefficient (Wildman–Crippen LogP) is 2.37. The SMILES string of the molecule is COc1ccc(S(=O)(=O)N[C@@H](C)C(=O)NCCc2ccc(Cl)cc2)cc1. The monoisotopic (exact) mass is 396 g/mol. The molecule has 2 aromatic carbocycles. The number of ether oxygens (including phenoxy) is 1. The second-order valence-electron chi connectivity index (χ2n) is 5.69. The third-order valence-electron chi connectivity index (χ3n) is 3.72. The Kier molecular flexibility index (Phi) is 7.02. The summed E-state index contributed by atoms with van der Waals surface area (Å²) >= 11 is 5.82. The van der Waals surface area contributed by atoms with Gasteiger partial charge in [0.2, 0.25) is 15.9 Å². The number of hydrogen-bond donors (Lipinski definition) is 2. The number of nitrogens with one attached hydrogen (secondary N) is 2. The summed E-state index contributed by atoms with van der Waals surface area (Å²) in [5.41, 5.74) is 1.03. The third-order valence-corrected chi connectivity index (χ3v) is 5.53. The summed E-state index contributed by atoms with van der Waals surface area (Å²) in [7, 11) is -2.29. The highest BCUT2D eigenvalue weighted by Gasteiger charge is 2.21. The quantitative estimate of drug-likeness (QED) is 0.717. The fourth-order valence-corrected chi connectivity index (χ4v) is 3.57. The van der Waals surface area contributed by atoms with E-state index in [-0.39, 0.29) is 4.90 Å². The molecule has 0 unspecified atom stereocenters. The van der Waals surface area contributed by atoms with Crippen molar-refractivity contribution in [3.63, 3.8) is 0 Å². The van der Waals surface area contributed by atoms with Gasteiger partial charge in [-0.3, -0.25) is 4.79 Å². The summed E-state index contributed by atoms with van der Waals surface area (Å²) in [6.07, 6.45) is 0.626. The van der Waals surface area contributed by atoms with Crippen LogP contribution in [-0.2, 0) is 21.2 Å². The first-order valence-corrected chi connectivity index (χ1v) is 9.86. The van der Waals surface area contributed by atoms with Crippen LogP contribution in [0.1, 0.15) is 12.5 Å². The minimum absolute atomic E-state index is 0.0686. The molecule has 1 amide bonds. The Labute approximate surface area is 158 Å². The van der Waals surface area contributed by atoms with Gasteiger partial charge >= 0.3 is 0 Å². The standard InChI is InChI=1S/C18H21ClN2O4S/c1-13(18(22)20-12-11-14-3-5-15(19)6-4-14)21-26(23,24)17-9-7-16(25-2)8-10-17/h3-10,13,21H,11-12H2,1-2H3,(H,20,22)/t13-/m0/s1. The lowest BCUT2D eigenvalue weighted by molar-refractivity contribution is -0.122. The molecule has 26 heavy (non-hydrogen) atoms. The number of hydrogen-bond acceptors (Lipinski definition) is 4. The third kappa shape index (κ3) is 5.72. The zero-order chi connectivity index (χ0) is 19.2. The zero-order valence-electron chi connectivity index (χ0n) is 14.5. The molecule has 0 spiro atoms. The lowest BCUT2D eigenvalue weighted by Crippen LogP contribution is -2.45. The molecule has 0 aromatic heterocycles. The molecule has 140 valence electrons. The van der Waals surface area contributed by atoms with Gasteiger partial charge in [-0.15, -0.1) is 0 Å². The highest BCUT2D eigenvalue weighted by Crippen LogP contribution is 2.15. The van der Waals surface area contributed by atoms with Crippen LogP contribution in [0.3, 0.4) is 0 Å². The minimum Gasteiger partial charge on any atom is -0.497 e. The van der Waals surface area contributed by atoms with Crippen LogP contribution in [0.15, 0.2) is 53.4 Å². The first-order chi connectivity index (χ1) is 12.3. The number of carbonyl (C=O) groups excluding carboxylic acids is 1. The van der Waals surface area contributed by atoms with E-state index in [1.807, 2.05) is 12.1 Å². The summed E-state index contributed by atoms with van der Waals surface area (Å²) < 4.78 is 32.0. The molecule has 2 aromatic rings.